The van der Waals surface area contributed by atoms with Gasteiger partial charge >= 0.3 is 0 Å². The van der Waals surface area contributed by atoms with Crippen molar-refractivity contribution in [2.24, 2.45) is 5.92 Å². The zero-order valence-electron chi connectivity index (χ0n) is 7.21. The molecule has 2 unspecified atom stereocenters. The number of ether oxygens (including phenoxy) is 1. The van der Waals surface area contributed by atoms with Crippen LogP contribution < -0.4 is 5.32 Å². The third-order valence-corrected chi connectivity index (χ3v) is 2.78. The van der Waals surface area contributed by atoms with Gasteiger partial charge in [-0.2, -0.15) is 0 Å². The summed E-state index contributed by atoms with van der Waals surface area (Å²) in [6.45, 7) is 2.44. The molecular weight excluding hydrogens is 154 g/mol. The fourth-order valence-corrected chi connectivity index (χ4v) is 2.04. The number of Topliss-reactive ketones (excluding diaryl/α,β-unsaturated/α-hetero) is 1. The van der Waals surface area contributed by atoms with E-state index in [1.807, 2.05) is 0 Å². The monoisotopic (exact) mass is 169 g/mol. The lowest BCUT2D eigenvalue weighted by Gasteiger charge is -2.29. The molecule has 0 aromatic rings. The van der Waals surface area contributed by atoms with Crippen LogP contribution in [0.3, 0.4) is 0 Å². The summed E-state index contributed by atoms with van der Waals surface area (Å²) in [6, 6.07) is 0.397. The van der Waals surface area contributed by atoms with Gasteiger partial charge < -0.3 is 10.1 Å². The Labute approximate surface area is 72.5 Å². The maximum atomic E-state index is 11.5. The standard InChI is InChI=1S/C9H15NO2/c11-9-2-1-4-10-8-3-5-12-6-7(8)9/h7-8,10H,1-6H2. The van der Waals surface area contributed by atoms with E-state index in [9.17, 15) is 4.79 Å². The van der Waals surface area contributed by atoms with Gasteiger partial charge in [0, 0.05) is 19.1 Å². The van der Waals surface area contributed by atoms with Crippen molar-refractivity contribution in [2.75, 3.05) is 19.8 Å². The van der Waals surface area contributed by atoms with Crippen LogP contribution >= 0.6 is 0 Å². The smallest absolute Gasteiger partial charge is 0.139 e. The van der Waals surface area contributed by atoms with Crippen molar-refractivity contribution in [1.29, 1.82) is 0 Å². The molecule has 2 aliphatic rings. The van der Waals surface area contributed by atoms with Gasteiger partial charge in [0.15, 0.2) is 0 Å². The molecule has 0 aromatic carbocycles. The molecule has 0 spiro atoms. The summed E-state index contributed by atoms with van der Waals surface area (Å²) >= 11 is 0. The molecule has 0 amide bonds. The fourth-order valence-electron chi connectivity index (χ4n) is 2.04. The number of hydrogen-bond donors (Lipinski definition) is 1. The van der Waals surface area contributed by atoms with Crippen molar-refractivity contribution in [1.82, 2.24) is 5.32 Å². The van der Waals surface area contributed by atoms with Crippen LogP contribution in [0.4, 0.5) is 0 Å². The van der Waals surface area contributed by atoms with Crippen molar-refractivity contribution < 1.29 is 9.53 Å². The Bertz CT molecular complexity index is 181. The normalized spacial score (nSPS) is 37.2. The summed E-state index contributed by atoms with van der Waals surface area (Å²) in [5, 5.41) is 3.41. The first-order chi connectivity index (χ1) is 5.88. The molecule has 0 aliphatic carbocycles. The topological polar surface area (TPSA) is 38.3 Å². The van der Waals surface area contributed by atoms with Crippen molar-refractivity contribution in [2.45, 2.75) is 25.3 Å². The van der Waals surface area contributed by atoms with Crippen LogP contribution in [0.5, 0.6) is 0 Å². The quantitative estimate of drug-likeness (QED) is 0.568. The lowest BCUT2D eigenvalue weighted by atomic mass is 9.91. The van der Waals surface area contributed by atoms with Crippen LogP contribution in [0.1, 0.15) is 19.3 Å². The van der Waals surface area contributed by atoms with Crippen LogP contribution in [0.25, 0.3) is 0 Å². The lowest BCUT2D eigenvalue weighted by molar-refractivity contribution is -0.127. The molecule has 2 rings (SSSR count). The van der Waals surface area contributed by atoms with Crippen molar-refractivity contribution in [3.63, 3.8) is 0 Å². The van der Waals surface area contributed by atoms with E-state index < -0.39 is 0 Å². The van der Waals surface area contributed by atoms with Gasteiger partial charge in [-0.1, -0.05) is 0 Å². The summed E-state index contributed by atoms with van der Waals surface area (Å²) < 4.78 is 5.30. The molecule has 2 atom stereocenters. The predicted molar refractivity (Wildman–Crippen MR) is 45.0 cm³/mol. The van der Waals surface area contributed by atoms with E-state index in [0.29, 0.717) is 18.4 Å². The highest BCUT2D eigenvalue weighted by Gasteiger charge is 2.32. The summed E-state index contributed by atoms with van der Waals surface area (Å²) in [4.78, 5) is 11.5. The number of nitrogens with one attached hydrogen (secondary N) is 1. The van der Waals surface area contributed by atoms with Gasteiger partial charge in [-0.05, 0) is 19.4 Å². The van der Waals surface area contributed by atoms with Gasteiger partial charge in [0.05, 0.1) is 12.5 Å². The Hall–Kier alpha value is -0.410. The van der Waals surface area contributed by atoms with Crippen LogP contribution in [-0.2, 0) is 9.53 Å². The van der Waals surface area contributed by atoms with E-state index in [-0.39, 0.29) is 5.92 Å². The second-order valence-electron chi connectivity index (χ2n) is 3.60. The first kappa shape index (κ1) is 8.20. The molecule has 12 heavy (non-hydrogen) atoms. The highest BCUT2D eigenvalue weighted by atomic mass is 16.5. The SMILES string of the molecule is O=C1CCCNC2CCOCC12. The lowest BCUT2D eigenvalue weighted by Crippen LogP contribution is -2.44. The average Bonchev–Trinajstić information content (AvgIpc) is 2.29. The van der Waals surface area contributed by atoms with E-state index in [2.05, 4.69) is 5.32 Å². The van der Waals surface area contributed by atoms with E-state index in [1.165, 1.54) is 0 Å². The Kier molecular flexibility index (Phi) is 2.42. The van der Waals surface area contributed by atoms with Gasteiger partial charge in [0.2, 0.25) is 0 Å². The number of carbonyl (C=O) groups is 1. The number of hydrogen-bond acceptors (Lipinski definition) is 3. The highest BCUT2D eigenvalue weighted by molar-refractivity contribution is 5.82. The molecule has 2 heterocycles. The molecule has 0 saturated carbocycles. The van der Waals surface area contributed by atoms with Crippen molar-refractivity contribution >= 4 is 5.78 Å². The zero-order chi connectivity index (χ0) is 8.39. The largest absolute Gasteiger partial charge is 0.381 e. The van der Waals surface area contributed by atoms with E-state index in [4.69, 9.17) is 4.74 Å². The zero-order valence-corrected chi connectivity index (χ0v) is 7.21. The van der Waals surface area contributed by atoms with Crippen molar-refractivity contribution in [3.8, 4) is 0 Å². The summed E-state index contributed by atoms with van der Waals surface area (Å²) in [5.74, 6) is 0.533. The van der Waals surface area contributed by atoms with Gasteiger partial charge in [0.1, 0.15) is 5.78 Å². The van der Waals surface area contributed by atoms with Crippen LogP contribution in [0.15, 0.2) is 0 Å². The molecule has 0 aromatic heterocycles. The van der Waals surface area contributed by atoms with E-state index >= 15 is 0 Å². The van der Waals surface area contributed by atoms with Crippen LogP contribution in [0.2, 0.25) is 0 Å². The van der Waals surface area contributed by atoms with Crippen molar-refractivity contribution in [3.05, 3.63) is 0 Å². The minimum absolute atomic E-state index is 0.140. The van der Waals surface area contributed by atoms with E-state index in [0.717, 1.165) is 32.4 Å². The Balaban J connectivity index is 2.06. The average molecular weight is 169 g/mol. The molecule has 68 valence electrons. The highest BCUT2D eigenvalue weighted by Crippen LogP contribution is 2.20. The number of ketones is 1. The fraction of sp³-hybridized carbons (Fsp3) is 0.889. The third-order valence-electron chi connectivity index (χ3n) is 2.78. The molecule has 1 N–H and O–H groups in total. The van der Waals surface area contributed by atoms with Gasteiger partial charge in [-0.15, -0.1) is 0 Å². The second kappa shape index (κ2) is 3.54. The number of fused-ring (bicyclic) bond motifs is 1. The minimum Gasteiger partial charge on any atom is -0.381 e. The van der Waals surface area contributed by atoms with Crippen LogP contribution in [-0.4, -0.2) is 31.6 Å². The van der Waals surface area contributed by atoms with Gasteiger partial charge in [0.25, 0.3) is 0 Å². The maximum absolute atomic E-state index is 11.5. The number of carbonyl (C=O) groups excluding carboxylic acids is 1. The summed E-state index contributed by atoms with van der Waals surface area (Å²) in [6.07, 6.45) is 2.72. The van der Waals surface area contributed by atoms with Gasteiger partial charge in [-0.3, -0.25) is 4.79 Å². The third kappa shape index (κ3) is 1.52. The first-order valence-electron chi connectivity index (χ1n) is 4.72. The molecule has 0 radical (unpaired) electrons. The maximum Gasteiger partial charge on any atom is 0.139 e. The molecule has 2 saturated heterocycles. The minimum atomic E-state index is 0.140. The Morgan fingerprint density at radius 3 is 3.33 bits per heavy atom. The summed E-state index contributed by atoms with van der Waals surface area (Å²) in [7, 11) is 0. The second-order valence-corrected chi connectivity index (χ2v) is 3.60. The molecule has 0 bridgehead atoms. The van der Waals surface area contributed by atoms with Gasteiger partial charge in [-0.25, -0.2) is 0 Å². The summed E-state index contributed by atoms with van der Waals surface area (Å²) in [5.41, 5.74) is 0. The number of rotatable bonds is 0. The molecule has 3 nitrogen and oxygen atoms in total. The Morgan fingerprint density at radius 2 is 2.42 bits per heavy atom. The molecule has 2 aliphatic heterocycles. The molecule has 3 heteroatoms. The predicted octanol–water partition coefficient (Wildman–Crippen LogP) is 0.344. The molecular formula is C9H15NO2. The first-order valence-corrected chi connectivity index (χ1v) is 4.72. The Morgan fingerprint density at radius 1 is 1.50 bits per heavy atom. The van der Waals surface area contributed by atoms with Crippen LogP contribution in [0, 0.1) is 5.92 Å². The molecule has 2 fully saturated rings. The van der Waals surface area contributed by atoms with E-state index in [1.54, 1.807) is 0 Å².